The number of fused-ring (bicyclic) bond motifs is 1. The summed E-state index contributed by atoms with van der Waals surface area (Å²) >= 11 is 0. The molecule has 0 saturated heterocycles. The maximum Gasteiger partial charge on any atom is 0.341 e. The number of ether oxygens (including phenoxy) is 2. The molecule has 0 saturated carbocycles. The van der Waals surface area contributed by atoms with Crippen molar-refractivity contribution in [3.63, 3.8) is 0 Å². The normalized spacial score (nSPS) is 12.0. The van der Waals surface area contributed by atoms with Crippen LogP contribution in [0.2, 0.25) is 0 Å². The molecule has 2 aromatic carbocycles. The molecule has 0 fully saturated rings. The van der Waals surface area contributed by atoms with Crippen molar-refractivity contribution in [2.75, 3.05) is 7.11 Å². The van der Waals surface area contributed by atoms with Gasteiger partial charge in [0.1, 0.15) is 11.3 Å². The summed E-state index contributed by atoms with van der Waals surface area (Å²) in [6, 6.07) is 10.9. The van der Waals surface area contributed by atoms with Crippen molar-refractivity contribution in [3.8, 4) is 5.75 Å². The van der Waals surface area contributed by atoms with Crippen LogP contribution in [-0.2, 0) is 9.53 Å². The summed E-state index contributed by atoms with van der Waals surface area (Å²) in [5.74, 6) is -0.849. The highest BCUT2D eigenvalue weighted by molar-refractivity contribution is 5.99. The van der Waals surface area contributed by atoms with Crippen LogP contribution in [0, 0.1) is 5.92 Å². The number of carbonyl (C=O) groups excluding carboxylic acids is 2. The van der Waals surface area contributed by atoms with Crippen LogP contribution in [0.25, 0.3) is 10.8 Å². The van der Waals surface area contributed by atoms with Crippen LogP contribution in [0.1, 0.15) is 30.6 Å². The van der Waals surface area contributed by atoms with Crippen molar-refractivity contribution in [3.05, 3.63) is 42.0 Å². The fourth-order valence-electron chi connectivity index (χ4n) is 1.95. The molecule has 0 aliphatic heterocycles. The molecule has 0 N–H and O–H groups in total. The summed E-state index contributed by atoms with van der Waals surface area (Å²) in [6.45, 7) is 3.70. The molecule has 0 bridgehead atoms. The van der Waals surface area contributed by atoms with Crippen molar-refractivity contribution in [2.45, 2.75) is 20.3 Å². The minimum absolute atomic E-state index is 0.220. The Kier molecular flexibility index (Phi) is 4.58. The molecule has 0 amide bonds. The molecule has 0 radical (unpaired) electrons. The van der Waals surface area contributed by atoms with Crippen LogP contribution >= 0.6 is 0 Å². The van der Waals surface area contributed by atoms with E-state index in [0.29, 0.717) is 6.42 Å². The summed E-state index contributed by atoms with van der Waals surface area (Å²) in [7, 11) is 1.30. The Bertz CT molecular complexity index is 676. The van der Waals surface area contributed by atoms with Gasteiger partial charge in [0.15, 0.2) is 0 Å². The second-order valence-electron chi connectivity index (χ2n) is 4.92. The third kappa shape index (κ3) is 3.21. The molecular formula is C17H18O4. The van der Waals surface area contributed by atoms with E-state index in [9.17, 15) is 9.59 Å². The van der Waals surface area contributed by atoms with E-state index in [-0.39, 0.29) is 23.2 Å². The predicted octanol–water partition coefficient (Wildman–Crippen LogP) is 3.58. The Morgan fingerprint density at radius 2 is 1.76 bits per heavy atom. The highest BCUT2D eigenvalue weighted by Gasteiger charge is 2.19. The van der Waals surface area contributed by atoms with E-state index in [0.717, 1.165) is 10.8 Å². The number of rotatable bonds is 4. The number of methoxy groups -OCH3 is 1. The van der Waals surface area contributed by atoms with Gasteiger partial charge in [-0.15, -0.1) is 0 Å². The Morgan fingerprint density at radius 3 is 2.33 bits per heavy atom. The van der Waals surface area contributed by atoms with E-state index in [1.807, 2.05) is 31.2 Å². The predicted molar refractivity (Wildman–Crippen MR) is 80.4 cm³/mol. The second kappa shape index (κ2) is 6.39. The highest BCUT2D eigenvalue weighted by Crippen LogP contribution is 2.27. The molecule has 4 nitrogen and oxygen atoms in total. The van der Waals surface area contributed by atoms with Crippen LogP contribution in [0.5, 0.6) is 5.75 Å². The Hall–Kier alpha value is -2.36. The maximum atomic E-state index is 12.0. The van der Waals surface area contributed by atoms with Gasteiger partial charge in [0, 0.05) is 0 Å². The quantitative estimate of drug-likeness (QED) is 0.637. The zero-order valence-electron chi connectivity index (χ0n) is 12.4. The molecular weight excluding hydrogens is 268 g/mol. The number of hydrogen-bond donors (Lipinski definition) is 0. The molecule has 0 heterocycles. The molecule has 0 aliphatic carbocycles. The van der Waals surface area contributed by atoms with E-state index < -0.39 is 5.97 Å². The number of carbonyl (C=O) groups is 2. The molecule has 110 valence electrons. The average molecular weight is 286 g/mol. The van der Waals surface area contributed by atoms with Gasteiger partial charge in [0.25, 0.3) is 0 Å². The number of benzene rings is 2. The van der Waals surface area contributed by atoms with Crippen LogP contribution in [0.3, 0.4) is 0 Å². The largest absolute Gasteiger partial charge is 0.465 e. The van der Waals surface area contributed by atoms with Gasteiger partial charge in [0.05, 0.1) is 13.0 Å². The van der Waals surface area contributed by atoms with Gasteiger partial charge in [-0.3, -0.25) is 4.79 Å². The fraction of sp³-hybridized carbons (Fsp3) is 0.294. The van der Waals surface area contributed by atoms with Gasteiger partial charge in [-0.25, -0.2) is 4.79 Å². The van der Waals surface area contributed by atoms with Crippen LogP contribution in [-0.4, -0.2) is 19.0 Å². The van der Waals surface area contributed by atoms with E-state index in [1.165, 1.54) is 7.11 Å². The van der Waals surface area contributed by atoms with Crippen molar-refractivity contribution in [1.29, 1.82) is 0 Å². The van der Waals surface area contributed by atoms with Gasteiger partial charge in [-0.2, -0.15) is 0 Å². The summed E-state index contributed by atoms with van der Waals surface area (Å²) in [5.41, 5.74) is 0.257. The molecule has 0 aromatic heterocycles. The lowest BCUT2D eigenvalue weighted by Gasteiger charge is -2.13. The fourth-order valence-corrected chi connectivity index (χ4v) is 1.95. The van der Waals surface area contributed by atoms with Crippen molar-refractivity contribution >= 4 is 22.7 Å². The lowest BCUT2D eigenvalue weighted by molar-refractivity contribution is -0.138. The van der Waals surface area contributed by atoms with Gasteiger partial charge >= 0.3 is 11.9 Å². The van der Waals surface area contributed by atoms with Crippen molar-refractivity contribution in [2.24, 2.45) is 5.92 Å². The third-order valence-corrected chi connectivity index (χ3v) is 3.48. The molecule has 21 heavy (non-hydrogen) atoms. The molecule has 1 atom stereocenters. The SMILES string of the molecule is CCC(C)C(=O)Oc1cc2ccccc2cc1C(=O)OC. The molecule has 1 unspecified atom stereocenters. The third-order valence-electron chi connectivity index (χ3n) is 3.48. The minimum atomic E-state index is -0.521. The lowest BCUT2D eigenvalue weighted by atomic mass is 10.1. The van der Waals surface area contributed by atoms with Gasteiger partial charge < -0.3 is 9.47 Å². The minimum Gasteiger partial charge on any atom is -0.465 e. The molecule has 2 aromatic rings. The zero-order valence-corrected chi connectivity index (χ0v) is 12.4. The maximum absolute atomic E-state index is 12.0. The summed E-state index contributed by atoms with van der Waals surface area (Å²) < 4.78 is 10.2. The monoisotopic (exact) mass is 286 g/mol. The lowest BCUT2D eigenvalue weighted by Crippen LogP contribution is -2.18. The Morgan fingerprint density at radius 1 is 1.14 bits per heavy atom. The van der Waals surface area contributed by atoms with E-state index in [4.69, 9.17) is 9.47 Å². The smallest absolute Gasteiger partial charge is 0.341 e. The van der Waals surface area contributed by atoms with Gasteiger partial charge in [-0.05, 0) is 29.3 Å². The van der Waals surface area contributed by atoms with Crippen LogP contribution < -0.4 is 4.74 Å². The first kappa shape index (κ1) is 15.0. The first-order chi connectivity index (χ1) is 10.1. The van der Waals surface area contributed by atoms with E-state index >= 15 is 0 Å². The number of esters is 2. The molecule has 4 heteroatoms. The van der Waals surface area contributed by atoms with Crippen molar-refractivity contribution < 1.29 is 19.1 Å². The number of hydrogen-bond acceptors (Lipinski definition) is 4. The first-order valence-corrected chi connectivity index (χ1v) is 6.89. The summed E-state index contributed by atoms with van der Waals surface area (Å²) in [4.78, 5) is 23.9. The van der Waals surface area contributed by atoms with Crippen LogP contribution in [0.15, 0.2) is 36.4 Å². The first-order valence-electron chi connectivity index (χ1n) is 6.89. The Balaban J connectivity index is 2.48. The summed E-state index contributed by atoms with van der Waals surface area (Å²) in [5, 5.41) is 1.79. The molecule has 0 aliphatic rings. The van der Waals surface area contributed by atoms with Gasteiger partial charge in [-0.1, -0.05) is 38.1 Å². The molecule has 0 spiro atoms. The van der Waals surface area contributed by atoms with E-state index in [2.05, 4.69) is 0 Å². The Labute approximate surface area is 123 Å². The zero-order chi connectivity index (χ0) is 15.4. The second-order valence-corrected chi connectivity index (χ2v) is 4.92. The standard InChI is InChI=1S/C17H18O4/c1-4-11(2)16(18)21-15-10-13-8-6-5-7-12(13)9-14(15)17(19)20-3/h5-11H,4H2,1-3H3. The van der Waals surface area contributed by atoms with Crippen LogP contribution in [0.4, 0.5) is 0 Å². The van der Waals surface area contributed by atoms with E-state index in [1.54, 1.807) is 19.1 Å². The summed E-state index contributed by atoms with van der Waals surface area (Å²) in [6.07, 6.45) is 0.681. The molecule has 2 rings (SSSR count). The average Bonchev–Trinajstić information content (AvgIpc) is 2.52. The highest BCUT2D eigenvalue weighted by atomic mass is 16.5. The topological polar surface area (TPSA) is 52.6 Å². The van der Waals surface area contributed by atoms with Gasteiger partial charge in [0.2, 0.25) is 0 Å². The van der Waals surface area contributed by atoms with Crippen molar-refractivity contribution in [1.82, 2.24) is 0 Å².